The van der Waals surface area contributed by atoms with Gasteiger partial charge in [-0.1, -0.05) is 30.3 Å². The van der Waals surface area contributed by atoms with Crippen molar-refractivity contribution in [2.24, 2.45) is 0 Å². The van der Waals surface area contributed by atoms with Crippen molar-refractivity contribution in [2.75, 3.05) is 6.61 Å². The number of nitriles is 1. The molecule has 1 unspecified atom stereocenters. The maximum Gasteiger partial charge on any atom is 0.274 e. The monoisotopic (exact) mass is 335 g/mol. The highest BCUT2D eigenvalue weighted by atomic mass is 16.5. The number of aromatic nitrogens is 2. The van der Waals surface area contributed by atoms with Crippen LogP contribution < -0.4 is 10.3 Å². The summed E-state index contributed by atoms with van der Waals surface area (Å²) in [6.07, 6.45) is 1.09. The fourth-order valence-electron chi connectivity index (χ4n) is 2.50. The minimum absolute atomic E-state index is 0.0402. The molecule has 0 fully saturated rings. The Balaban J connectivity index is 1.63. The summed E-state index contributed by atoms with van der Waals surface area (Å²) < 4.78 is 6.77. The topological polar surface area (TPSA) is 88.1 Å². The van der Waals surface area contributed by atoms with Crippen molar-refractivity contribution in [2.45, 2.75) is 19.1 Å². The molecule has 3 aromatic rings. The Kier molecular flexibility index (Phi) is 5.07. The van der Waals surface area contributed by atoms with Gasteiger partial charge >= 0.3 is 0 Å². The zero-order chi connectivity index (χ0) is 17.6. The molecule has 1 aromatic heterocycles. The molecule has 0 aliphatic carbocycles. The predicted octanol–water partition coefficient (Wildman–Crippen LogP) is 1.90. The second kappa shape index (κ2) is 7.60. The SMILES string of the molecule is N#CCc1ccc(OCC(O)Cn2ncc3ccccc3c2=O)cc1. The average molecular weight is 335 g/mol. The number of nitrogens with zero attached hydrogens (tertiary/aromatic N) is 3. The van der Waals surface area contributed by atoms with Gasteiger partial charge in [-0.05, 0) is 23.8 Å². The molecule has 1 N–H and O–H groups in total. The molecule has 1 heterocycles. The number of ether oxygens (including phenoxy) is 1. The van der Waals surface area contributed by atoms with Crippen molar-refractivity contribution >= 4 is 10.8 Å². The lowest BCUT2D eigenvalue weighted by atomic mass is 10.2. The maximum absolute atomic E-state index is 12.4. The summed E-state index contributed by atoms with van der Waals surface area (Å²) in [5.74, 6) is 0.597. The van der Waals surface area contributed by atoms with Gasteiger partial charge in [-0.3, -0.25) is 4.79 Å². The van der Waals surface area contributed by atoms with Gasteiger partial charge in [0.25, 0.3) is 5.56 Å². The minimum atomic E-state index is -0.870. The van der Waals surface area contributed by atoms with Crippen molar-refractivity contribution in [3.8, 4) is 11.8 Å². The lowest BCUT2D eigenvalue weighted by Crippen LogP contribution is -2.31. The summed E-state index contributed by atoms with van der Waals surface area (Å²) in [4.78, 5) is 12.4. The molecule has 0 aliphatic heterocycles. The fourth-order valence-corrected chi connectivity index (χ4v) is 2.50. The second-order valence-corrected chi connectivity index (χ2v) is 5.66. The predicted molar refractivity (Wildman–Crippen MR) is 93.3 cm³/mol. The lowest BCUT2D eigenvalue weighted by molar-refractivity contribution is 0.0881. The van der Waals surface area contributed by atoms with Gasteiger partial charge in [0.05, 0.1) is 30.6 Å². The normalized spacial score (nSPS) is 11.8. The van der Waals surface area contributed by atoms with E-state index in [-0.39, 0.29) is 18.7 Å². The number of benzene rings is 2. The summed E-state index contributed by atoms with van der Waals surface area (Å²) in [7, 11) is 0. The third-order valence-electron chi connectivity index (χ3n) is 3.79. The van der Waals surface area contributed by atoms with E-state index < -0.39 is 6.10 Å². The molecule has 3 rings (SSSR count). The van der Waals surface area contributed by atoms with E-state index in [1.54, 1.807) is 42.6 Å². The molecule has 126 valence electrons. The van der Waals surface area contributed by atoms with E-state index >= 15 is 0 Å². The van der Waals surface area contributed by atoms with Gasteiger partial charge in [-0.25, -0.2) is 4.68 Å². The molecule has 25 heavy (non-hydrogen) atoms. The first-order valence-corrected chi connectivity index (χ1v) is 7.89. The van der Waals surface area contributed by atoms with Crippen LogP contribution in [0.1, 0.15) is 5.56 Å². The molecule has 0 saturated carbocycles. The third kappa shape index (κ3) is 4.03. The molecule has 0 aliphatic rings. The van der Waals surface area contributed by atoms with Gasteiger partial charge in [0.15, 0.2) is 0 Å². The van der Waals surface area contributed by atoms with E-state index in [1.165, 1.54) is 4.68 Å². The number of rotatable bonds is 6. The Morgan fingerprint density at radius 3 is 2.72 bits per heavy atom. The Hall–Kier alpha value is -3.17. The van der Waals surface area contributed by atoms with E-state index in [1.807, 2.05) is 12.1 Å². The molecule has 0 saturated heterocycles. The number of hydrogen-bond donors (Lipinski definition) is 1. The molecule has 0 bridgehead atoms. The lowest BCUT2D eigenvalue weighted by Gasteiger charge is -2.13. The van der Waals surface area contributed by atoms with Crippen LogP contribution in [0.15, 0.2) is 59.5 Å². The van der Waals surface area contributed by atoms with E-state index in [9.17, 15) is 9.90 Å². The van der Waals surface area contributed by atoms with E-state index in [0.717, 1.165) is 10.9 Å². The third-order valence-corrected chi connectivity index (χ3v) is 3.79. The zero-order valence-electron chi connectivity index (χ0n) is 13.5. The summed E-state index contributed by atoms with van der Waals surface area (Å²) in [5.41, 5.74) is 0.667. The molecule has 0 spiro atoms. The smallest absolute Gasteiger partial charge is 0.274 e. The molecular formula is C19H17N3O3. The molecule has 0 amide bonds. The molecule has 2 aromatic carbocycles. The Bertz CT molecular complexity index is 958. The van der Waals surface area contributed by atoms with Gasteiger partial charge in [0.1, 0.15) is 18.5 Å². The number of fused-ring (bicyclic) bond motifs is 1. The second-order valence-electron chi connectivity index (χ2n) is 5.66. The van der Waals surface area contributed by atoms with Crippen LogP contribution >= 0.6 is 0 Å². The number of aliphatic hydroxyl groups is 1. The van der Waals surface area contributed by atoms with Crippen LogP contribution in [0.4, 0.5) is 0 Å². The first kappa shape index (κ1) is 16.7. The summed E-state index contributed by atoms with van der Waals surface area (Å²) >= 11 is 0. The van der Waals surface area contributed by atoms with Gasteiger partial charge < -0.3 is 9.84 Å². The summed E-state index contributed by atoms with van der Waals surface area (Å²) in [5, 5.41) is 24.2. The van der Waals surface area contributed by atoms with Crippen molar-refractivity contribution in [3.63, 3.8) is 0 Å². The largest absolute Gasteiger partial charge is 0.491 e. The van der Waals surface area contributed by atoms with Crippen molar-refractivity contribution < 1.29 is 9.84 Å². The minimum Gasteiger partial charge on any atom is -0.491 e. The van der Waals surface area contributed by atoms with Crippen molar-refractivity contribution in [1.82, 2.24) is 9.78 Å². The van der Waals surface area contributed by atoms with Crippen LogP contribution in [-0.2, 0) is 13.0 Å². The zero-order valence-corrected chi connectivity index (χ0v) is 13.5. The molecule has 6 heteroatoms. The average Bonchev–Trinajstić information content (AvgIpc) is 2.64. The van der Waals surface area contributed by atoms with Gasteiger partial charge in [-0.2, -0.15) is 10.4 Å². The maximum atomic E-state index is 12.4. The van der Waals surface area contributed by atoms with Crippen LogP contribution in [-0.4, -0.2) is 27.6 Å². The first-order chi connectivity index (χ1) is 12.2. The van der Waals surface area contributed by atoms with Gasteiger partial charge in [0, 0.05) is 5.39 Å². The number of hydrogen-bond acceptors (Lipinski definition) is 5. The van der Waals surface area contributed by atoms with Gasteiger partial charge in [0.2, 0.25) is 0 Å². The molecule has 6 nitrogen and oxygen atoms in total. The highest BCUT2D eigenvalue weighted by Gasteiger charge is 2.10. The number of aliphatic hydroxyl groups excluding tert-OH is 1. The summed E-state index contributed by atoms with van der Waals surface area (Å²) in [6.45, 7) is 0.0920. The Labute approximate surface area is 144 Å². The van der Waals surface area contributed by atoms with Crippen molar-refractivity contribution in [1.29, 1.82) is 5.26 Å². The van der Waals surface area contributed by atoms with E-state index in [2.05, 4.69) is 11.2 Å². The van der Waals surface area contributed by atoms with Crippen molar-refractivity contribution in [3.05, 3.63) is 70.6 Å². The van der Waals surface area contributed by atoms with Gasteiger partial charge in [-0.15, -0.1) is 0 Å². The molecule has 1 atom stereocenters. The summed E-state index contributed by atoms with van der Waals surface area (Å²) in [6, 6.07) is 16.4. The Morgan fingerprint density at radius 2 is 1.96 bits per heavy atom. The molecule has 0 radical (unpaired) electrons. The van der Waals surface area contributed by atoms with E-state index in [0.29, 0.717) is 17.6 Å². The van der Waals surface area contributed by atoms with E-state index in [4.69, 9.17) is 10.00 Å². The highest BCUT2D eigenvalue weighted by Crippen LogP contribution is 2.13. The van der Waals surface area contributed by atoms with Crippen LogP contribution in [0.2, 0.25) is 0 Å². The quantitative estimate of drug-likeness (QED) is 0.743. The van der Waals surface area contributed by atoms with Crippen LogP contribution in [0, 0.1) is 11.3 Å². The van der Waals surface area contributed by atoms with Crippen LogP contribution in [0.5, 0.6) is 5.75 Å². The molecular weight excluding hydrogens is 318 g/mol. The van der Waals surface area contributed by atoms with Crippen LogP contribution in [0.25, 0.3) is 10.8 Å². The fraction of sp³-hybridized carbons (Fsp3) is 0.211. The van der Waals surface area contributed by atoms with Crippen LogP contribution in [0.3, 0.4) is 0 Å². The highest BCUT2D eigenvalue weighted by molar-refractivity contribution is 5.80. The Morgan fingerprint density at radius 1 is 1.20 bits per heavy atom. The first-order valence-electron chi connectivity index (χ1n) is 7.89. The standard InChI is InChI=1S/C19H17N3O3/c20-10-9-14-5-7-17(8-6-14)25-13-16(23)12-22-19(24)18-4-2-1-3-15(18)11-21-22/h1-8,11,16,23H,9,12-13H2.